The van der Waals surface area contributed by atoms with Crippen LogP contribution in [-0.4, -0.2) is 25.7 Å². The fourth-order valence-electron chi connectivity index (χ4n) is 2.69. The van der Waals surface area contributed by atoms with Crippen molar-refractivity contribution in [2.24, 2.45) is 5.92 Å². The lowest BCUT2D eigenvalue weighted by Gasteiger charge is -2.14. The number of ether oxygens (including phenoxy) is 2. The van der Waals surface area contributed by atoms with Crippen molar-refractivity contribution < 1.29 is 14.3 Å². The molecule has 0 aromatic heterocycles. The Bertz CT molecular complexity index is 473. The summed E-state index contributed by atoms with van der Waals surface area (Å²) in [6.07, 6.45) is 3.33. The lowest BCUT2D eigenvalue weighted by Crippen LogP contribution is -2.32. The Morgan fingerprint density at radius 2 is 2.15 bits per heavy atom. The fraction of sp³-hybridized carbons (Fsp3) is 0.562. The van der Waals surface area contributed by atoms with Crippen LogP contribution in [0, 0.1) is 5.92 Å². The van der Waals surface area contributed by atoms with Crippen molar-refractivity contribution in [3.8, 4) is 11.5 Å². The zero-order chi connectivity index (χ0) is 14.5. The second-order valence-corrected chi connectivity index (χ2v) is 5.39. The maximum Gasteiger partial charge on any atom is 0.251 e. The highest BCUT2D eigenvalue weighted by Crippen LogP contribution is 2.29. The SMILES string of the molecule is CCOc1ccc(C(=O)NC2CCC(C)C2)cc1OC. The molecule has 110 valence electrons. The molecule has 1 aromatic rings. The van der Waals surface area contributed by atoms with Crippen molar-refractivity contribution in [2.75, 3.05) is 13.7 Å². The van der Waals surface area contributed by atoms with Gasteiger partial charge in [0.15, 0.2) is 11.5 Å². The Kier molecular flexibility index (Phi) is 4.88. The molecule has 2 atom stereocenters. The van der Waals surface area contributed by atoms with E-state index in [1.807, 2.05) is 6.92 Å². The van der Waals surface area contributed by atoms with Crippen LogP contribution in [0.5, 0.6) is 11.5 Å². The summed E-state index contributed by atoms with van der Waals surface area (Å²) in [5.41, 5.74) is 0.616. The van der Waals surface area contributed by atoms with E-state index in [9.17, 15) is 4.79 Å². The fourth-order valence-corrected chi connectivity index (χ4v) is 2.69. The van der Waals surface area contributed by atoms with Crippen LogP contribution in [0.3, 0.4) is 0 Å². The van der Waals surface area contributed by atoms with E-state index in [0.29, 0.717) is 35.6 Å². The van der Waals surface area contributed by atoms with Crippen LogP contribution in [0.2, 0.25) is 0 Å². The van der Waals surface area contributed by atoms with Gasteiger partial charge >= 0.3 is 0 Å². The Labute approximate surface area is 120 Å². The van der Waals surface area contributed by atoms with Gasteiger partial charge in [0.2, 0.25) is 0 Å². The number of amides is 1. The number of carbonyl (C=O) groups is 1. The molecule has 1 amide bonds. The van der Waals surface area contributed by atoms with E-state index in [1.165, 1.54) is 6.42 Å². The van der Waals surface area contributed by atoms with Gasteiger partial charge in [-0.25, -0.2) is 0 Å². The minimum Gasteiger partial charge on any atom is -0.493 e. The van der Waals surface area contributed by atoms with Gasteiger partial charge in [0, 0.05) is 11.6 Å². The molecule has 0 aliphatic heterocycles. The largest absolute Gasteiger partial charge is 0.493 e. The second kappa shape index (κ2) is 6.64. The summed E-state index contributed by atoms with van der Waals surface area (Å²) in [5, 5.41) is 3.09. The first-order valence-electron chi connectivity index (χ1n) is 7.25. The number of methoxy groups -OCH3 is 1. The molecular formula is C16H23NO3. The third-order valence-corrected chi connectivity index (χ3v) is 3.76. The van der Waals surface area contributed by atoms with E-state index in [1.54, 1.807) is 25.3 Å². The van der Waals surface area contributed by atoms with Gasteiger partial charge in [-0.05, 0) is 50.3 Å². The molecule has 1 aliphatic rings. The molecule has 20 heavy (non-hydrogen) atoms. The minimum atomic E-state index is -0.0366. The minimum absolute atomic E-state index is 0.0366. The smallest absolute Gasteiger partial charge is 0.251 e. The summed E-state index contributed by atoms with van der Waals surface area (Å²) < 4.78 is 10.7. The average molecular weight is 277 g/mol. The van der Waals surface area contributed by atoms with Gasteiger partial charge in [-0.2, -0.15) is 0 Å². The molecule has 1 saturated carbocycles. The summed E-state index contributed by atoms with van der Waals surface area (Å²) in [5.74, 6) is 1.93. The maximum atomic E-state index is 12.2. The second-order valence-electron chi connectivity index (χ2n) is 5.39. The zero-order valence-corrected chi connectivity index (χ0v) is 12.4. The first-order chi connectivity index (χ1) is 9.63. The summed E-state index contributed by atoms with van der Waals surface area (Å²) in [7, 11) is 1.58. The topological polar surface area (TPSA) is 47.6 Å². The first-order valence-corrected chi connectivity index (χ1v) is 7.25. The predicted molar refractivity (Wildman–Crippen MR) is 78.4 cm³/mol. The van der Waals surface area contributed by atoms with Crippen LogP contribution in [0.25, 0.3) is 0 Å². The van der Waals surface area contributed by atoms with Crippen LogP contribution in [0.1, 0.15) is 43.5 Å². The normalized spacial score (nSPS) is 21.6. The van der Waals surface area contributed by atoms with Crippen LogP contribution >= 0.6 is 0 Å². The van der Waals surface area contributed by atoms with Gasteiger partial charge in [-0.15, -0.1) is 0 Å². The molecule has 2 unspecified atom stereocenters. The van der Waals surface area contributed by atoms with Gasteiger partial charge in [0.1, 0.15) is 0 Å². The van der Waals surface area contributed by atoms with Gasteiger partial charge in [-0.1, -0.05) is 6.92 Å². The zero-order valence-electron chi connectivity index (χ0n) is 12.4. The maximum absolute atomic E-state index is 12.2. The predicted octanol–water partition coefficient (Wildman–Crippen LogP) is 3.01. The highest BCUT2D eigenvalue weighted by molar-refractivity contribution is 5.95. The third-order valence-electron chi connectivity index (χ3n) is 3.76. The molecular weight excluding hydrogens is 254 g/mol. The lowest BCUT2D eigenvalue weighted by atomic mass is 10.1. The first kappa shape index (κ1) is 14.7. The molecule has 4 heteroatoms. The molecule has 1 aliphatic carbocycles. The Hall–Kier alpha value is -1.71. The van der Waals surface area contributed by atoms with Gasteiger partial charge < -0.3 is 14.8 Å². The van der Waals surface area contributed by atoms with Crippen molar-refractivity contribution in [1.82, 2.24) is 5.32 Å². The standard InChI is InChI=1S/C16H23NO3/c1-4-20-14-8-6-12(10-15(14)19-3)16(18)17-13-7-5-11(2)9-13/h6,8,10-11,13H,4-5,7,9H2,1-3H3,(H,17,18). The highest BCUT2D eigenvalue weighted by atomic mass is 16.5. The molecule has 1 aromatic carbocycles. The van der Waals surface area contributed by atoms with E-state index < -0.39 is 0 Å². The van der Waals surface area contributed by atoms with Gasteiger partial charge in [0.25, 0.3) is 5.91 Å². The molecule has 0 heterocycles. The Morgan fingerprint density at radius 3 is 2.75 bits per heavy atom. The van der Waals surface area contributed by atoms with E-state index in [0.717, 1.165) is 12.8 Å². The summed E-state index contributed by atoms with van der Waals surface area (Å²) in [6.45, 7) is 4.72. The van der Waals surface area contributed by atoms with E-state index in [4.69, 9.17) is 9.47 Å². The molecule has 0 bridgehead atoms. The lowest BCUT2D eigenvalue weighted by molar-refractivity contribution is 0.0937. The van der Waals surface area contributed by atoms with E-state index in [-0.39, 0.29) is 5.91 Å². The Balaban J connectivity index is 2.06. The molecule has 0 saturated heterocycles. The van der Waals surface area contributed by atoms with Crippen molar-refractivity contribution >= 4 is 5.91 Å². The number of hydrogen-bond acceptors (Lipinski definition) is 3. The number of hydrogen-bond donors (Lipinski definition) is 1. The van der Waals surface area contributed by atoms with Gasteiger partial charge in [0.05, 0.1) is 13.7 Å². The number of rotatable bonds is 5. The Morgan fingerprint density at radius 1 is 1.35 bits per heavy atom. The quantitative estimate of drug-likeness (QED) is 0.900. The number of benzene rings is 1. The molecule has 4 nitrogen and oxygen atoms in total. The van der Waals surface area contributed by atoms with E-state index >= 15 is 0 Å². The molecule has 0 spiro atoms. The van der Waals surface area contributed by atoms with Crippen molar-refractivity contribution in [2.45, 2.75) is 39.2 Å². The van der Waals surface area contributed by atoms with Gasteiger partial charge in [-0.3, -0.25) is 4.79 Å². The molecule has 0 radical (unpaired) electrons. The molecule has 1 fully saturated rings. The van der Waals surface area contributed by atoms with E-state index in [2.05, 4.69) is 12.2 Å². The summed E-state index contributed by atoms with van der Waals surface area (Å²) in [6, 6.07) is 5.60. The van der Waals surface area contributed by atoms with Crippen molar-refractivity contribution in [1.29, 1.82) is 0 Å². The summed E-state index contributed by atoms with van der Waals surface area (Å²) in [4.78, 5) is 12.2. The summed E-state index contributed by atoms with van der Waals surface area (Å²) >= 11 is 0. The van der Waals surface area contributed by atoms with Crippen molar-refractivity contribution in [3.63, 3.8) is 0 Å². The monoisotopic (exact) mass is 277 g/mol. The van der Waals surface area contributed by atoms with Crippen molar-refractivity contribution in [3.05, 3.63) is 23.8 Å². The van der Waals surface area contributed by atoms with Crippen LogP contribution in [-0.2, 0) is 0 Å². The van der Waals surface area contributed by atoms with Crippen LogP contribution < -0.4 is 14.8 Å². The third kappa shape index (κ3) is 3.44. The van der Waals surface area contributed by atoms with Crippen LogP contribution in [0.15, 0.2) is 18.2 Å². The molecule has 2 rings (SSSR count). The number of carbonyl (C=O) groups excluding carboxylic acids is 1. The number of nitrogens with one attached hydrogen (secondary N) is 1. The highest BCUT2D eigenvalue weighted by Gasteiger charge is 2.23. The molecule has 1 N–H and O–H groups in total. The van der Waals surface area contributed by atoms with Crippen LogP contribution in [0.4, 0.5) is 0 Å². The average Bonchev–Trinajstić information content (AvgIpc) is 2.84.